The molecule has 1 aromatic heterocycles. The van der Waals surface area contributed by atoms with Crippen molar-refractivity contribution in [2.45, 2.75) is 13.0 Å². The van der Waals surface area contributed by atoms with E-state index >= 15 is 0 Å². The fraction of sp³-hybridized carbons (Fsp3) is 0.118. The van der Waals surface area contributed by atoms with Crippen molar-refractivity contribution >= 4 is 45.7 Å². The highest BCUT2D eigenvalue weighted by Gasteiger charge is 2.09. The fourth-order valence-corrected chi connectivity index (χ4v) is 2.69. The lowest BCUT2D eigenvalue weighted by Gasteiger charge is -2.10. The van der Waals surface area contributed by atoms with Crippen LogP contribution in [0, 0.1) is 0 Å². The molecule has 1 heterocycles. The van der Waals surface area contributed by atoms with Gasteiger partial charge in [0.1, 0.15) is 0 Å². The molecule has 0 radical (unpaired) electrons. The van der Waals surface area contributed by atoms with Crippen molar-refractivity contribution in [2.24, 2.45) is 0 Å². The van der Waals surface area contributed by atoms with Gasteiger partial charge in [0.2, 0.25) is 11.3 Å². The van der Waals surface area contributed by atoms with Crippen LogP contribution in [0.1, 0.15) is 6.42 Å². The summed E-state index contributed by atoms with van der Waals surface area (Å²) in [7, 11) is 0. The number of hydrogen-bond donors (Lipinski definition) is 1. The van der Waals surface area contributed by atoms with Crippen LogP contribution >= 0.6 is 23.2 Å². The molecule has 7 heteroatoms. The number of halogens is 2. The van der Waals surface area contributed by atoms with Gasteiger partial charge in [-0.15, -0.1) is 0 Å². The standard InChI is InChI=1S/C17H13Cl2N3O2/c18-11-5-6-13(19)14(9-11)21-17(24)7-8-22-15-4-2-1-3-12(15)16(23)10-20-22/h1-6,9-10H,7-8H2,(H,21,24). The summed E-state index contributed by atoms with van der Waals surface area (Å²) in [6, 6.07) is 12.0. The Kier molecular flexibility index (Phi) is 4.83. The second-order valence-electron chi connectivity index (χ2n) is 5.17. The van der Waals surface area contributed by atoms with Gasteiger partial charge in [-0.3, -0.25) is 14.3 Å². The van der Waals surface area contributed by atoms with Gasteiger partial charge >= 0.3 is 0 Å². The molecule has 5 nitrogen and oxygen atoms in total. The van der Waals surface area contributed by atoms with Gasteiger partial charge in [-0.2, -0.15) is 5.10 Å². The molecule has 122 valence electrons. The Balaban J connectivity index is 1.74. The van der Waals surface area contributed by atoms with Crippen LogP contribution in [0.15, 0.2) is 53.5 Å². The monoisotopic (exact) mass is 361 g/mol. The van der Waals surface area contributed by atoms with E-state index in [2.05, 4.69) is 10.4 Å². The van der Waals surface area contributed by atoms with Crippen LogP contribution in [0.5, 0.6) is 0 Å². The molecule has 0 aliphatic carbocycles. The number of carbonyl (C=O) groups is 1. The minimum absolute atomic E-state index is 0.142. The van der Waals surface area contributed by atoms with E-state index in [1.165, 1.54) is 6.20 Å². The zero-order valence-corrected chi connectivity index (χ0v) is 14.0. The highest BCUT2D eigenvalue weighted by Crippen LogP contribution is 2.25. The highest BCUT2D eigenvalue weighted by atomic mass is 35.5. The molecular weight excluding hydrogens is 349 g/mol. The number of nitrogens with zero attached hydrogens (tertiary/aromatic N) is 2. The highest BCUT2D eigenvalue weighted by molar-refractivity contribution is 6.35. The Morgan fingerprint density at radius 1 is 1.17 bits per heavy atom. The van der Waals surface area contributed by atoms with Crippen LogP contribution < -0.4 is 10.7 Å². The molecule has 24 heavy (non-hydrogen) atoms. The molecule has 0 saturated carbocycles. The van der Waals surface area contributed by atoms with Gasteiger partial charge in [-0.05, 0) is 30.3 Å². The Bertz CT molecular complexity index is 969. The predicted octanol–water partition coefficient (Wildman–Crippen LogP) is 3.73. The lowest BCUT2D eigenvalue weighted by atomic mass is 10.2. The first-order valence-corrected chi connectivity index (χ1v) is 8.00. The van der Waals surface area contributed by atoms with Crippen molar-refractivity contribution in [1.82, 2.24) is 9.78 Å². The molecule has 0 spiro atoms. The zero-order valence-electron chi connectivity index (χ0n) is 12.5. The lowest BCUT2D eigenvalue weighted by Crippen LogP contribution is -2.18. The lowest BCUT2D eigenvalue weighted by molar-refractivity contribution is -0.116. The first-order valence-electron chi connectivity index (χ1n) is 7.24. The molecule has 0 fully saturated rings. The average Bonchev–Trinajstić information content (AvgIpc) is 2.58. The molecule has 3 aromatic rings. The van der Waals surface area contributed by atoms with E-state index in [1.807, 2.05) is 6.07 Å². The number of carbonyl (C=O) groups excluding carboxylic acids is 1. The van der Waals surface area contributed by atoms with Crippen molar-refractivity contribution in [3.05, 3.63) is 68.9 Å². The van der Waals surface area contributed by atoms with Crippen molar-refractivity contribution in [3.63, 3.8) is 0 Å². The van der Waals surface area contributed by atoms with E-state index in [0.717, 1.165) is 0 Å². The number of benzene rings is 2. The van der Waals surface area contributed by atoms with Gasteiger partial charge in [0.05, 0.1) is 29.0 Å². The summed E-state index contributed by atoms with van der Waals surface area (Å²) in [6.45, 7) is 0.338. The number of hydrogen-bond acceptors (Lipinski definition) is 3. The number of nitrogens with one attached hydrogen (secondary N) is 1. The smallest absolute Gasteiger partial charge is 0.226 e. The Labute approximate surface area is 147 Å². The van der Waals surface area contributed by atoms with E-state index < -0.39 is 0 Å². The summed E-state index contributed by atoms with van der Waals surface area (Å²) >= 11 is 11.9. The van der Waals surface area contributed by atoms with Crippen LogP contribution in [-0.2, 0) is 11.3 Å². The summed E-state index contributed by atoms with van der Waals surface area (Å²) in [5.74, 6) is -0.219. The number of aryl methyl sites for hydroxylation is 1. The number of amides is 1. The van der Waals surface area contributed by atoms with E-state index in [9.17, 15) is 9.59 Å². The van der Waals surface area contributed by atoms with E-state index in [0.29, 0.717) is 33.2 Å². The number of anilines is 1. The molecule has 0 aliphatic rings. The van der Waals surface area contributed by atoms with E-state index in [1.54, 1.807) is 41.1 Å². The maximum atomic E-state index is 12.1. The molecule has 0 saturated heterocycles. The largest absolute Gasteiger partial charge is 0.325 e. The minimum Gasteiger partial charge on any atom is -0.325 e. The van der Waals surface area contributed by atoms with Gasteiger partial charge in [0.15, 0.2) is 0 Å². The molecule has 2 aromatic carbocycles. The molecule has 0 atom stereocenters. The zero-order chi connectivity index (χ0) is 17.1. The van der Waals surface area contributed by atoms with Crippen LogP contribution in [0.2, 0.25) is 10.0 Å². The number of fused-ring (bicyclic) bond motifs is 1. The van der Waals surface area contributed by atoms with Gasteiger partial charge in [-0.25, -0.2) is 0 Å². The Morgan fingerprint density at radius 2 is 1.96 bits per heavy atom. The summed E-state index contributed by atoms with van der Waals surface area (Å²) in [5, 5.41) is 8.30. The molecule has 1 amide bonds. The summed E-state index contributed by atoms with van der Waals surface area (Å²) in [6.07, 6.45) is 1.44. The van der Waals surface area contributed by atoms with Crippen molar-refractivity contribution in [1.29, 1.82) is 0 Å². The number of aromatic nitrogens is 2. The van der Waals surface area contributed by atoms with Crippen LogP contribution in [0.3, 0.4) is 0 Å². The van der Waals surface area contributed by atoms with E-state index in [4.69, 9.17) is 23.2 Å². The van der Waals surface area contributed by atoms with Crippen molar-refractivity contribution < 1.29 is 4.79 Å². The van der Waals surface area contributed by atoms with Crippen LogP contribution in [-0.4, -0.2) is 15.7 Å². The molecule has 1 N–H and O–H groups in total. The molecule has 3 rings (SSSR count). The summed E-state index contributed by atoms with van der Waals surface area (Å²) < 4.78 is 1.63. The molecule has 0 bridgehead atoms. The quantitative estimate of drug-likeness (QED) is 0.769. The third kappa shape index (κ3) is 3.58. The predicted molar refractivity (Wildman–Crippen MR) is 95.7 cm³/mol. The Hall–Kier alpha value is -2.37. The van der Waals surface area contributed by atoms with Gasteiger partial charge < -0.3 is 5.32 Å². The number of para-hydroxylation sites is 1. The second-order valence-corrected chi connectivity index (χ2v) is 6.02. The molecule has 0 aliphatic heterocycles. The molecule has 0 unspecified atom stereocenters. The van der Waals surface area contributed by atoms with Crippen molar-refractivity contribution in [3.8, 4) is 0 Å². The average molecular weight is 362 g/mol. The first-order chi connectivity index (χ1) is 11.5. The van der Waals surface area contributed by atoms with Crippen molar-refractivity contribution in [2.75, 3.05) is 5.32 Å². The normalized spacial score (nSPS) is 10.8. The molecular formula is C17H13Cl2N3O2. The minimum atomic E-state index is -0.219. The maximum absolute atomic E-state index is 12.1. The third-order valence-electron chi connectivity index (χ3n) is 3.52. The fourth-order valence-electron chi connectivity index (χ4n) is 2.35. The van der Waals surface area contributed by atoms with Gasteiger partial charge in [-0.1, -0.05) is 35.3 Å². The summed E-state index contributed by atoms with van der Waals surface area (Å²) in [4.78, 5) is 23.9. The first kappa shape index (κ1) is 16.5. The van der Waals surface area contributed by atoms with E-state index in [-0.39, 0.29) is 17.8 Å². The van der Waals surface area contributed by atoms with Gasteiger partial charge in [0.25, 0.3) is 0 Å². The topological polar surface area (TPSA) is 64.0 Å². The number of rotatable bonds is 4. The van der Waals surface area contributed by atoms with Crippen LogP contribution in [0.25, 0.3) is 10.9 Å². The van der Waals surface area contributed by atoms with Crippen LogP contribution in [0.4, 0.5) is 5.69 Å². The maximum Gasteiger partial charge on any atom is 0.226 e. The SMILES string of the molecule is O=C(CCn1ncc(=O)c2ccccc21)Nc1cc(Cl)ccc1Cl. The third-order valence-corrected chi connectivity index (χ3v) is 4.08. The summed E-state index contributed by atoms with van der Waals surface area (Å²) in [5.41, 5.74) is 1.02. The second kappa shape index (κ2) is 7.03. The Morgan fingerprint density at radius 3 is 2.79 bits per heavy atom. The van der Waals surface area contributed by atoms with Gasteiger partial charge in [0, 0.05) is 16.8 Å².